The van der Waals surface area contributed by atoms with Gasteiger partial charge in [-0.2, -0.15) is 0 Å². The third-order valence-corrected chi connectivity index (χ3v) is 4.59. The van der Waals surface area contributed by atoms with Crippen molar-refractivity contribution in [3.8, 4) is 0 Å². The number of carbonyl (C=O) groups is 1. The highest BCUT2D eigenvalue weighted by molar-refractivity contribution is 7.91. The molecule has 16 heavy (non-hydrogen) atoms. The van der Waals surface area contributed by atoms with E-state index in [1.807, 2.05) is 0 Å². The Morgan fingerprint density at radius 2 is 1.88 bits per heavy atom. The summed E-state index contributed by atoms with van der Waals surface area (Å²) in [6.45, 7) is 0. The molecule has 1 heterocycles. The molecule has 0 N–H and O–H groups in total. The summed E-state index contributed by atoms with van der Waals surface area (Å²) in [5.74, 6) is 0. The van der Waals surface area contributed by atoms with E-state index >= 15 is 0 Å². The molecule has 0 amide bonds. The minimum atomic E-state index is -3.67. The Bertz CT molecular complexity index is 602. The fourth-order valence-corrected chi connectivity index (χ4v) is 3.50. The predicted molar refractivity (Wildman–Crippen MR) is 59.4 cm³/mol. The van der Waals surface area contributed by atoms with Gasteiger partial charge in [0.2, 0.25) is 9.84 Å². The SMILES string of the molecule is O=Cc1scnc1S(=O)(=O)c1ccccc1. The summed E-state index contributed by atoms with van der Waals surface area (Å²) in [5.41, 5.74) is 1.35. The van der Waals surface area contributed by atoms with Crippen LogP contribution in [0.5, 0.6) is 0 Å². The predicted octanol–water partition coefficient (Wildman–Crippen LogP) is 1.79. The number of carbonyl (C=O) groups excluding carboxylic acids is 1. The molecule has 0 saturated heterocycles. The molecule has 0 atom stereocenters. The Labute approximate surface area is 96.5 Å². The quantitative estimate of drug-likeness (QED) is 0.782. The van der Waals surface area contributed by atoms with Gasteiger partial charge in [0.25, 0.3) is 0 Å². The van der Waals surface area contributed by atoms with Crippen LogP contribution in [-0.2, 0) is 9.84 Å². The monoisotopic (exact) mass is 253 g/mol. The van der Waals surface area contributed by atoms with Crippen LogP contribution in [0.15, 0.2) is 45.8 Å². The second-order valence-electron chi connectivity index (χ2n) is 2.96. The lowest BCUT2D eigenvalue weighted by Crippen LogP contribution is -2.04. The number of benzene rings is 1. The van der Waals surface area contributed by atoms with Crippen molar-refractivity contribution in [3.63, 3.8) is 0 Å². The molecule has 0 aliphatic carbocycles. The number of aromatic nitrogens is 1. The van der Waals surface area contributed by atoms with Gasteiger partial charge in [0.1, 0.15) is 4.88 Å². The van der Waals surface area contributed by atoms with E-state index in [1.165, 1.54) is 17.6 Å². The van der Waals surface area contributed by atoms with Crippen molar-refractivity contribution in [1.82, 2.24) is 4.98 Å². The number of hydrogen-bond acceptors (Lipinski definition) is 5. The molecule has 0 aliphatic heterocycles. The van der Waals surface area contributed by atoms with Gasteiger partial charge in [-0.05, 0) is 12.1 Å². The molecule has 2 aromatic rings. The van der Waals surface area contributed by atoms with Crippen molar-refractivity contribution in [3.05, 3.63) is 40.7 Å². The Kier molecular flexibility index (Phi) is 2.84. The molecule has 0 aliphatic rings. The van der Waals surface area contributed by atoms with Crippen LogP contribution < -0.4 is 0 Å². The molecule has 0 saturated carbocycles. The van der Waals surface area contributed by atoms with Gasteiger partial charge in [0, 0.05) is 0 Å². The average molecular weight is 253 g/mol. The molecule has 0 unspecified atom stereocenters. The average Bonchev–Trinajstić information content (AvgIpc) is 2.79. The Hall–Kier alpha value is -1.53. The van der Waals surface area contributed by atoms with Crippen LogP contribution in [0, 0.1) is 0 Å². The Morgan fingerprint density at radius 1 is 1.19 bits per heavy atom. The second kappa shape index (κ2) is 4.15. The molecule has 82 valence electrons. The molecule has 2 rings (SSSR count). The molecular weight excluding hydrogens is 246 g/mol. The smallest absolute Gasteiger partial charge is 0.225 e. The first kappa shape index (κ1) is 11.0. The molecule has 1 aromatic heterocycles. The number of rotatable bonds is 3. The molecule has 0 spiro atoms. The van der Waals surface area contributed by atoms with Crippen molar-refractivity contribution in [2.75, 3.05) is 0 Å². The number of aldehydes is 1. The molecule has 6 heteroatoms. The topological polar surface area (TPSA) is 64.1 Å². The maximum absolute atomic E-state index is 12.1. The normalized spacial score (nSPS) is 11.2. The number of thiazole rings is 1. The molecular formula is C10H7NO3S2. The first-order chi connectivity index (χ1) is 7.66. The molecule has 0 bridgehead atoms. The lowest BCUT2D eigenvalue weighted by atomic mass is 10.4. The van der Waals surface area contributed by atoms with Crippen LogP contribution in [0.3, 0.4) is 0 Å². The Morgan fingerprint density at radius 3 is 2.50 bits per heavy atom. The van der Waals surface area contributed by atoms with Crippen LogP contribution in [0.2, 0.25) is 0 Å². The Balaban J connectivity index is 2.61. The highest BCUT2D eigenvalue weighted by Crippen LogP contribution is 2.23. The zero-order valence-electron chi connectivity index (χ0n) is 8.03. The van der Waals surface area contributed by atoms with Crippen molar-refractivity contribution in [2.45, 2.75) is 9.92 Å². The van der Waals surface area contributed by atoms with Gasteiger partial charge >= 0.3 is 0 Å². The fraction of sp³-hybridized carbons (Fsp3) is 0. The van der Waals surface area contributed by atoms with E-state index in [-0.39, 0.29) is 14.8 Å². The van der Waals surface area contributed by atoms with Crippen molar-refractivity contribution in [2.24, 2.45) is 0 Å². The standard InChI is InChI=1S/C10H7NO3S2/c12-6-9-10(11-7-15-9)16(13,14)8-4-2-1-3-5-8/h1-7H. The third kappa shape index (κ3) is 1.77. The third-order valence-electron chi connectivity index (χ3n) is 1.98. The summed E-state index contributed by atoms with van der Waals surface area (Å²) < 4.78 is 24.1. The highest BCUT2D eigenvalue weighted by Gasteiger charge is 2.23. The van der Waals surface area contributed by atoms with E-state index in [0.717, 1.165) is 11.3 Å². The fourth-order valence-electron chi connectivity index (χ4n) is 1.24. The first-order valence-corrected chi connectivity index (χ1v) is 6.71. The summed E-state index contributed by atoms with van der Waals surface area (Å²) in [7, 11) is -3.67. The van der Waals surface area contributed by atoms with Gasteiger partial charge in [-0.15, -0.1) is 11.3 Å². The second-order valence-corrected chi connectivity index (χ2v) is 5.71. The summed E-state index contributed by atoms with van der Waals surface area (Å²) >= 11 is 1.01. The van der Waals surface area contributed by atoms with Crippen molar-refractivity contribution >= 4 is 27.5 Å². The van der Waals surface area contributed by atoms with E-state index < -0.39 is 9.84 Å². The van der Waals surface area contributed by atoms with Gasteiger partial charge in [0.05, 0.1) is 10.4 Å². The summed E-state index contributed by atoms with van der Waals surface area (Å²) in [6.07, 6.45) is 0.507. The molecule has 1 aromatic carbocycles. The maximum Gasteiger partial charge on any atom is 0.225 e. The number of sulfone groups is 1. The van der Waals surface area contributed by atoms with Gasteiger partial charge in [-0.25, -0.2) is 13.4 Å². The minimum absolute atomic E-state index is 0.129. The number of hydrogen-bond donors (Lipinski definition) is 0. The van der Waals surface area contributed by atoms with Crippen LogP contribution in [0.4, 0.5) is 0 Å². The first-order valence-electron chi connectivity index (χ1n) is 4.35. The van der Waals surface area contributed by atoms with Crippen LogP contribution in [0.1, 0.15) is 9.67 Å². The van der Waals surface area contributed by atoms with Gasteiger partial charge in [-0.1, -0.05) is 18.2 Å². The minimum Gasteiger partial charge on any atom is -0.297 e. The van der Waals surface area contributed by atoms with Gasteiger partial charge < -0.3 is 0 Å². The molecule has 0 fully saturated rings. The van der Waals surface area contributed by atoms with E-state index in [1.54, 1.807) is 18.2 Å². The summed E-state index contributed by atoms with van der Waals surface area (Å²) in [5, 5.41) is -0.168. The van der Waals surface area contributed by atoms with Crippen LogP contribution in [0.25, 0.3) is 0 Å². The molecule has 4 nitrogen and oxygen atoms in total. The van der Waals surface area contributed by atoms with Crippen LogP contribution >= 0.6 is 11.3 Å². The van der Waals surface area contributed by atoms with Crippen LogP contribution in [-0.4, -0.2) is 19.7 Å². The maximum atomic E-state index is 12.1. The lowest BCUT2D eigenvalue weighted by Gasteiger charge is -2.00. The van der Waals surface area contributed by atoms with E-state index in [0.29, 0.717) is 6.29 Å². The van der Waals surface area contributed by atoms with E-state index in [4.69, 9.17) is 0 Å². The van der Waals surface area contributed by atoms with Crippen molar-refractivity contribution < 1.29 is 13.2 Å². The lowest BCUT2D eigenvalue weighted by molar-refractivity contribution is 0.112. The summed E-state index contributed by atoms with van der Waals surface area (Å²) in [4.78, 5) is 14.7. The van der Waals surface area contributed by atoms with E-state index in [9.17, 15) is 13.2 Å². The zero-order valence-corrected chi connectivity index (χ0v) is 9.66. The largest absolute Gasteiger partial charge is 0.297 e. The highest BCUT2D eigenvalue weighted by atomic mass is 32.2. The van der Waals surface area contributed by atoms with Gasteiger partial charge in [-0.3, -0.25) is 4.79 Å². The summed E-state index contributed by atoms with van der Waals surface area (Å²) in [6, 6.07) is 7.92. The zero-order chi connectivity index (χ0) is 11.6. The number of nitrogens with zero attached hydrogens (tertiary/aromatic N) is 1. The molecule has 0 radical (unpaired) electrons. The van der Waals surface area contributed by atoms with Crippen molar-refractivity contribution in [1.29, 1.82) is 0 Å². The van der Waals surface area contributed by atoms with Gasteiger partial charge in [0.15, 0.2) is 11.3 Å². The van der Waals surface area contributed by atoms with E-state index in [2.05, 4.69) is 4.98 Å².